The van der Waals surface area contributed by atoms with Crippen molar-refractivity contribution in [2.75, 3.05) is 0 Å². The van der Waals surface area contributed by atoms with Gasteiger partial charge < -0.3 is 0 Å². The second-order valence-corrected chi connectivity index (χ2v) is 4.82. The highest BCUT2D eigenvalue weighted by Crippen LogP contribution is 2.42. The van der Waals surface area contributed by atoms with Crippen molar-refractivity contribution in [1.29, 1.82) is 5.26 Å². The van der Waals surface area contributed by atoms with Crippen LogP contribution in [-0.4, -0.2) is 5.71 Å². The van der Waals surface area contributed by atoms with Gasteiger partial charge in [-0.2, -0.15) is 5.26 Å². The first kappa shape index (κ1) is 9.86. The molecule has 0 fully saturated rings. The number of hydrogen-bond acceptors (Lipinski definition) is 2. The fraction of sp³-hybridized carbons (Fsp3) is 0.385. The molecule has 0 aromatic carbocycles. The molecule has 0 N–H and O–H groups in total. The Morgan fingerprint density at radius 3 is 3.12 bits per heavy atom. The number of halogens is 1. The van der Waals surface area contributed by atoms with E-state index in [0.717, 1.165) is 35.7 Å². The van der Waals surface area contributed by atoms with Crippen LogP contribution in [0.15, 0.2) is 39.5 Å². The molecule has 0 bridgehead atoms. The number of hydrogen-bond donors (Lipinski definition) is 0. The minimum Gasteiger partial charge on any atom is -0.256 e. The van der Waals surface area contributed by atoms with Crippen LogP contribution in [0.3, 0.4) is 0 Å². The number of aliphatic imine (C=N–C) groups is 1. The normalized spacial score (nSPS) is 31.5. The number of rotatable bonds is 0. The summed E-state index contributed by atoms with van der Waals surface area (Å²) in [6, 6.07) is 2.35. The van der Waals surface area contributed by atoms with E-state index in [-0.39, 0.29) is 11.8 Å². The van der Waals surface area contributed by atoms with Gasteiger partial charge in [-0.15, -0.1) is 0 Å². The van der Waals surface area contributed by atoms with E-state index in [4.69, 9.17) is 16.9 Å². The van der Waals surface area contributed by atoms with Gasteiger partial charge in [0.15, 0.2) is 0 Å². The Bertz CT molecular complexity index is 503. The molecule has 0 aromatic rings. The zero-order valence-corrected chi connectivity index (χ0v) is 9.54. The first-order chi connectivity index (χ1) is 7.79. The Morgan fingerprint density at radius 2 is 2.31 bits per heavy atom. The van der Waals surface area contributed by atoms with Gasteiger partial charge in [0.05, 0.1) is 23.4 Å². The van der Waals surface area contributed by atoms with E-state index in [1.807, 2.05) is 18.2 Å². The average Bonchev–Trinajstić information content (AvgIpc) is 2.67. The summed E-state index contributed by atoms with van der Waals surface area (Å²) in [6.07, 6.45) is 8.98. The van der Waals surface area contributed by atoms with E-state index in [1.165, 1.54) is 5.57 Å². The molecule has 2 atom stereocenters. The molecule has 2 aliphatic carbocycles. The number of fused-ring (bicyclic) bond motifs is 2. The fourth-order valence-electron chi connectivity index (χ4n) is 2.67. The lowest BCUT2D eigenvalue weighted by molar-refractivity contribution is 0.575. The predicted molar refractivity (Wildman–Crippen MR) is 64.0 cm³/mol. The van der Waals surface area contributed by atoms with Gasteiger partial charge in [-0.25, -0.2) is 0 Å². The van der Waals surface area contributed by atoms with Crippen LogP contribution in [0.2, 0.25) is 0 Å². The third-order valence-corrected chi connectivity index (χ3v) is 3.69. The zero-order chi connectivity index (χ0) is 11.1. The molecule has 3 aliphatic rings. The van der Waals surface area contributed by atoms with Gasteiger partial charge in [-0.1, -0.05) is 17.7 Å². The minimum atomic E-state index is -0.0116. The monoisotopic (exact) mass is 230 g/mol. The maximum atomic E-state index is 9.11. The van der Waals surface area contributed by atoms with Gasteiger partial charge in [-0.3, -0.25) is 4.99 Å². The third-order valence-electron chi connectivity index (χ3n) is 3.44. The largest absolute Gasteiger partial charge is 0.256 e. The molecule has 0 radical (unpaired) electrons. The maximum absolute atomic E-state index is 9.11. The van der Waals surface area contributed by atoms with Crippen molar-refractivity contribution >= 4 is 17.3 Å². The van der Waals surface area contributed by atoms with E-state index in [0.29, 0.717) is 0 Å². The molecule has 16 heavy (non-hydrogen) atoms. The van der Waals surface area contributed by atoms with E-state index < -0.39 is 0 Å². The molecule has 0 spiro atoms. The number of allylic oxidation sites excluding steroid dienone is 6. The summed E-state index contributed by atoms with van der Waals surface area (Å²) in [5, 5.41) is 9.89. The Balaban J connectivity index is 2.06. The summed E-state index contributed by atoms with van der Waals surface area (Å²) in [6.45, 7) is 0. The van der Waals surface area contributed by atoms with Gasteiger partial charge >= 0.3 is 0 Å². The molecule has 3 rings (SSSR count). The van der Waals surface area contributed by atoms with Crippen LogP contribution in [0.5, 0.6) is 0 Å². The summed E-state index contributed by atoms with van der Waals surface area (Å²) in [5.41, 5.74) is 3.38. The van der Waals surface area contributed by atoms with Crippen LogP contribution in [0.25, 0.3) is 0 Å². The molecule has 0 amide bonds. The van der Waals surface area contributed by atoms with Crippen LogP contribution in [-0.2, 0) is 0 Å². The van der Waals surface area contributed by atoms with Gasteiger partial charge in [0.25, 0.3) is 0 Å². The average molecular weight is 231 g/mol. The van der Waals surface area contributed by atoms with E-state index in [2.05, 4.69) is 11.1 Å². The molecular weight excluding hydrogens is 220 g/mol. The summed E-state index contributed by atoms with van der Waals surface area (Å²) >= 11 is 6.02. The van der Waals surface area contributed by atoms with Crippen molar-refractivity contribution < 1.29 is 0 Å². The number of nitriles is 1. The first-order valence-corrected chi connectivity index (χ1v) is 5.94. The number of nitrogens with zero attached hydrogens (tertiary/aromatic N) is 2. The lowest BCUT2D eigenvalue weighted by Crippen LogP contribution is -2.14. The van der Waals surface area contributed by atoms with Gasteiger partial charge in [0, 0.05) is 11.0 Å². The fourth-order valence-corrected chi connectivity index (χ4v) is 2.86. The highest BCUT2D eigenvalue weighted by Gasteiger charge is 2.34. The zero-order valence-electron chi connectivity index (χ0n) is 8.78. The first-order valence-electron chi connectivity index (χ1n) is 5.56. The van der Waals surface area contributed by atoms with Crippen molar-refractivity contribution in [2.45, 2.75) is 19.3 Å². The van der Waals surface area contributed by atoms with Crippen LogP contribution >= 0.6 is 11.6 Å². The molecule has 0 saturated heterocycles. The third kappa shape index (κ3) is 1.36. The van der Waals surface area contributed by atoms with Crippen LogP contribution < -0.4 is 0 Å². The van der Waals surface area contributed by atoms with Crippen molar-refractivity contribution in [1.82, 2.24) is 0 Å². The van der Waals surface area contributed by atoms with E-state index in [1.54, 1.807) is 0 Å². The molecule has 1 heterocycles. The minimum absolute atomic E-state index is 0.0116. The van der Waals surface area contributed by atoms with Crippen LogP contribution in [0.1, 0.15) is 19.3 Å². The van der Waals surface area contributed by atoms with Gasteiger partial charge in [0.2, 0.25) is 0 Å². The summed E-state index contributed by atoms with van der Waals surface area (Å²) in [7, 11) is 0. The quantitative estimate of drug-likeness (QED) is 0.629. The molecule has 80 valence electrons. The molecule has 3 heteroatoms. The molecule has 0 aromatic heterocycles. The highest BCUT2D eigenvalue weighted by molar-refractivity contribution is 6.32. The lowest BCUT2D eigenvalue weighted by atomic mass is 9.82. The lowest BCUT2D eigenvalue weighted by Gasteiger charge is -2.20. The van der Waals surface area contributed by atoms with E-state index in [9.17, 15) is 0 Å². The summed E-state index contributed by atoms with van der Waals surface area (Å²) in [5.74, 6) is 0.228. The predicted octanol–water partition coefficient (Wildman–Crippen LogP) is 3.33. The summed E-state index contributed by atoms with van der Waals surface area (Å²) < 4.78 is 0. The second kappa shape index (κ2) is 3.61. The van der Waals surface area contributed by atoms with Crippen molar-refractivity contribution in [3.63, 3.8) is 0 Å². The smallest absolute Gasteiger partial charge is 0.0884 e. The van der Waals surface area contributed by atoms with Crippen molar-refractivity contribution in [3.05, 3.63) is 34.5 Å². The maximum Gasteiger partial charge on any atom is 0.0884 e. The standard InChI is InChI=1S/C13H11ClN2/c14-9-4-5-12-11(6-9)10-3-1-2-8(7-15)13(10)16-12/h4-6,8,11H,1-3H2/t8-,11+/m1/s1. The Hall–Kier alpha value is -1.33. The highest BCUT2D eigenvalue weighted by atomic mass is 35.5. The Labute approximate surface area is 99.6 Å². The summed E-state index contributed by atoms with van der Waals surface area (Å²) in [4.78, 5) is 4.60. The molecule has 1 aliphatic heterocycles. The van der Waals surface area contributed by atoms with Crippen LogP contribution in [0.4, 0.5) is 0 Å². The Morgan fingerprint density at radius 1 is 1.44 bits per heavy atom. The van der Waals surface area contributed by atoms with Gasteiger partial charge in [-0.05, 0) is 37.0 Å². The Kier molecular flexibility index (Phi) is 2.22. The molecule has 2 nitrogen and oxygen atoms in total. The van der Waals surface area contributed by atoms with Crippen LogP contribution in [0, 0.1) is 23.2 Å². The molecule has 0 saturated carbocycles. The molecular formula is C13H11ClN2. The second-order valence-electron chi connectivity index (χ2n) is 4.38. The van der Waals surface area contributed by atoms with Crippen molar-refractivity contribution in [3.8, 4) is 6.07 Å². The topological polar surface area (TPSA) is 36.1 Å². The van der Waals surface area contributed by atoms with Gasteiger partial charge in [0.1, 0.15) is 0 Å². The molecule has 0 unspecified atom stereocenters. The van der Waals surface area contributed by atoms with Crippen molar-refractivity contribution in [2.24, 2.45) is 16.8 Å². The van der Waals surface area contributed by atoms with E-state index >= 15 is 0 Å². The SMILES string of the molecule is N#C[C@H]1CCCC2=C1N=C1C=CC(Cl)=C[C@H]12.